The van der Waals surface area contributed by atoms with Gasteiger partial charge >= 0.3 is 0 Å². The maximum Gasteiger partial charge on any atom is 0.119 e. The Morgan fingerprint density at radius 2 is 1.77 bits per heavy atom. The molecule has 0 bridgehead atoms. The molecule has 0 aliphatic rings. The van der Waals surface area contributed by atoms with Crippen LogP contribution in [0.4, 0.5) is 0 Å². The van der Waals surface area contributed by atoms with Gasteiger partial charge in [-0.05, 0) is 62.4 Å². The fourth-order valence-corrected chi connectivity index (χ4v) is 2.49. The molecule has 114 valence electrons. The molecular weight excluding hydrogens is 270 g/mol. The first kappa shape index (κ1) is 16.1. The maximum atomic E-state index is 9.53. The monoisotopic (exact) mass is 293 g/mol. The number of hydrogen-bond donors (Lipinski definition) is 0. The zero-order valence-corrected chi connectivity index (χ0v) is 13.6. The van der Waals surface area contributed by atoms with E-state index in [1.807, 2.05) is 43.3 Å². The van der Waals surface area contributed by atoms with Gasteiger partial charge in [-0.2, -0.15) is 5.26 Å². The van der Waals surface area contributed by atoms with Crippen molar-refractivity contribution in [2.24, 2.45) is 0 Å². The Balaban J connectivity index is 1.89. The zero-order valence-electron chi connectivity index (χ0n) is 13.6. The van der Waals surface area contributed by atoms with E-state index in [0.29, 0.717) is 6.61 Å². The van der Waals surface area contributed by atoms with Crippen molar-refractivity contribution in [2.45, 2.75) is 39.0 Å². The van der Waals surface area contributed by atoms with E-state index in [9.17, 15) is 5.26 Å². The number of nitriles is 1. The minimum absolute atomic E-state index is 0.451. The summed E-state index contributed by atoms with van der Waals surface area (Å²) >= 11 is 0. The van der Waals surface area contributed by atoms with Crippen molar-refractivity contribution >= 4 is 0 Å². The second-order valence-corrected chi connectivity index (χ2v) is 6.01. The lowest BCUT2D eigenvalue weighted by Gasteiger charge is -2.22. The third-order valence-corrected chi connectivity index (χ3v) is 4.23. The fraction of sp³-hybridized carbons (Fsp3) is 0.350. The van der Waals surface area contributed by atoms with Gasteiger partial charge in [0.2, 0.25) is 0 Å². The quantitative estimate of drug-likeness (QED) is 0.706. The first-order chi connectivity index (χ1) is 10.5. The summed E-state index contributed by atoms with van der Waals surface area (Å²) in [7, 11) is 0. The molecule has 0 aliphatic carbocycles. The largest absolute Gasteiger partial charge is 0.494 e. The molecular formula is C20H23NO. The van der Waals surface area contributed by atoms with Crippen molar-refractivity contribution in [3.63, 3.8) is 0 Å². The summed E-state index contributed by atoms with van der Waals surface area (Å²) in [5.41, 5.74) is 3.13. The van der Waals surface area contributed by atoms with Crippen LogP contribution in [0.3, 0.4) is 0 Å². The molecule has 2 heteroatoms. The zero-order chi connectivity index (χ0) is 16.0. The van der Waals surface area contributed by atoms with Crippen molar-refractivity contribution in [3.05, 3.63) is 65.2 Å². The van der Waals surface area contributed by atoms with Crippen LogP contribution >= 0.6 is 0 Å². The van der Waals surface area contributed by atoms with E-state index >= 15 is 0 Å². The third kappa shape index (κ3) is 3.89. The minimum Gasteiger partial charge on any atom is -0.494 e. The van der Waals surface area contributed by atoms with Crippen molar-refractivity contribution in [1.82, 2.24) is 0 Å². The van der Waals surface area contributed by atoms with Gasteiger partial charge in [0.05, 0.1) is 18.1 Å². The molecule has 2 aromatic rings. The molecule has 0 fully saturated rings. The molecule has 1 atom stereocenters. The van der Waals surface area contributed by atoms with Crippen LogP contribution < -0.4 is 4.74 Å². The summed E-state index contributed by atoms with van der Waals surface area (Å²) in [6.45, 7) is 6.81. The van der Waals surface area contributed by atoms with E-state index in [0.717, 1.165) is 24.2 Å². The Hall–Kier alpha value is -2.27. The summed E-state index contributed by atoms with van der Waals surface area (Å²) in [4.78, 5) is 0. The van der Waals surface area contributed by atoms with Crippen LogP contribution in [-0.2, 0) is 5.41 Å². The summed E-state index contributed by atoms with van der Waals surface area (Å²) < 4.78 is 5.81. The average molecular weight is 293 g/mol. The van der Waals surface area contributed by atoms with Gasteiger partial charge in [-0.3, -0.25) is 0 Å². The molecule has 22 heavy (non-hydrogen) atoms. The highest BCUT2D eigenvalue weighted by Crippen LogP contribution is 2.28. The van der Waals surface area contributed by atoms with Gasteiger partial charge in [0.25, 0.3) is 0 Å². The molecule has 2 aromatic carbocycles. The average Bonchev–Trinajstić information content (AvgIpc) is 2.55. The molecule has 1 unspecified atom stereocenters. The van der Waals surface area contributed by atoms with Crippen LogP contribution in [-0.4, -0.2) is 6.61 Å². The summed E-state index contributed by atoms with van der Waals surface area (Å²) in [6.07, 6.45) is 1.64. The SMILES string of the molecule is Cc1ccc(OCCCC(C)(C#N)c2ccccc2)cc1C. The van der Waals surface area contributed by atoms with Crippen LogP contribution in [0.25, 0.3) is 0 Å². The van der Waals surface area contributed by atoms with Gasteiger partial charge < -0.3 is 4.74 Å². The Kier molecular flexibility index (Phi) is 5.22. The lowest BCUT2D eigenvalue weighted by atomic mass is 9.80. The number of nitrogens with zero attached hydrogens (tertiary/aromatic N) is 1. The molecule has 2 rings (SSSR count). The highest BCUT2D eigenvalue weighted by Gasteiger charge is 2.25. The van der Waals surface area contributed by atoms with E-state index in [1.165, 1.54) is 11.1 Å². The first-order valence-electron chi connectivity index (χ1n) is 7.72. The fourth-order valence-electron chi connectivity index (χ4n) is 2.49. The predicted molar refractivity (Wildman–Crippen MR) is 90.1 cm³/mol. The highest BCUT2D eigenvalue weighted by atomic mass is 16.5. The summed E-state index contributed by atoms with van der Waals surface area (Å²) in [6, 6.07) is 18.6. The Morgan fingerprint density at radius 1 is 1.05 bits per heavy atom. The maximum absolute atomic E-state index is 9.53. The van der Waals surface area contributed by atoms with Gasteiger partial charge in [-0.15, -0.1) is 0 Å². The topological polar surface area (TPSA) is 33.0 Å². The molecule has 0 amide bonds. The van der Waals surface area contributed by atoms with Crippen LogP contribution in [0.15, 0.2) is 48.5 Å². The molecule has 0 saturated heterocycles. The second kappa shape index (κ2) is 7.13. The molecule has 0 aliphatic heterocycles. The molecule has 0 N–H and O–H groups in total. The number of benzene rings is 2. The first-order valence-corrected chi connectivity index (χ1v) is 7.72. The normalized spacial score (nSPS) is 13.2. The van der Waals surface area contributed by atoms with Gasteiger partial charge in [0, 0.05) is 0 Å². The predicted octanol–water partition coefficient (Wildman–Crippen LogP) is 4.94. The lowest BCUT2D eigenvalue weighted by Crippen LogP contribution is -2.20. The Morgan fingerprint density at radius 3 is 2.41 bits per heavy atom. The van der Waals surface area contributed by atoms with E-state index in [2.05, 4.69) is 32.0 Å². The number of hydrogen-bond acceptors (Lipinski definition) is 2. The molecule has 0 aromatic heterocycles. The number of aryl methyl sites for hydroxylation is 2. The Bertz CT molecular complexity index is 657. The van der Waals surface area contributed by atoms with Crippen LogP contribution in [0.5, 0.6) is 5.75 Å². The van der Waals surface area contributed by atoms with E-state index in [-0.39, 0.29) is 0 Å². The Labute approximate surface area is 133 Å². The molecule has 0 saturated carbocycles. The van der Waals surface area contributed by atoms with E-state index in [4.69, 9.17) is 4.74 Å². The summed E-state index contributed by atoms with van der Waals surface area (Å²) in [5.74, 6) is 0.904. The lowest BCUT2D eigenvalue weighted by molar-refractivity contribution is 0.295. The van der Waals surface area contributed by atoms with Gasteiger partial charge in [0.1, 0.15) is 5.75 Å². The van der Waals surface area contributed by atoms with Gasteiger partial charge in [-0.25, -0.2) is 0 Å². The van der Waals surface area contributed by atoms with Crippen LogP contribution in [0, 0.1) is 25.2 Å². The van der Waals surface area contributed by atoms with Crippen LogP contribution in [0.2, 0.25) is 0 Å². The van der Waals surface area contributed by atoms with Crippen molar-refractivity contribution < 1.29 is 4.74 Å². The van der Waals surface area contributed by atoms with Crippen molar-refractivity contribution in [3.8, 4) is 11.8 Å². The van der Waals surface area contributed by atoms with E-state index in [1.54, 1.807) is 0 Å². The molecule has 2 nitrogen and oxygen atoms in total. The molecule has 0 radical (unpaired) electrons. The number of rotatable bonds is 6. The standard InChI is InChI=1S/C20H23NO/c1-16-10-11-19(14-17(16)2)22-13-7-12-20(3,15-21)18-8-5-4-6-9-18/h4-6,8-11,14H,7,12-13H2,1-3H3. The van der Waals surface area contributed by atoms with E-state index < -0.39 is 5.41 Å². The molecule has 0 spiro atoms. The van der Waals surface area contributed by atoms with Gasteiger partial charge in [-0.1, -0.05) is 36.4 Å². The van der Waals surface area contributed by atoms with Crippen LogP contribution in [0.1, 0.15) is 36.5 Å². The smallest absolute Gasteiger partial charge is 0.119 e. The molecule has 0 heterocycles. The third-order valence-electron chi connectivity index (χ3n) is 4.23. The minimum atomic E-state index is -0.451. The van der Waals surface area contributed by atoms with Gasteiger partial charge in [0.15, 0.2) is 0 Å². The highest BCUT2D eigenvalue weighted by molar-refractivity contribution is 5.34. The summed E-state index contributed by atoms with van der Waals surface area (Å²) in [5, 5.41) is 9.53. The second-order valence-electron chi connectivity index (χ2n) is 6.01. The van der Waals surface area contributed by atoms with Crippen molar-refractivity contribution in [1.29, 1.82) is 5.26 Å². The van der Waals surface area contributed by atoms with Crippen molar-refractivity contribution in [2.75, 3.05) is 6.61 Å². The number of ether oxygens (including phenoxy) is 1.